The van der Waals surface area contributed by atoms with Crippen LogP contribution in [-0.4, -0.2) is 26.7 Å². The SMILES string of the molecule is CCCNc1nc(-c2ncc(C)cn2)no1. The molecular formula is C10H13N5O. The van der Waals surface area contributed by atoms with Crippen molar-refractivity contribution in [3.05, 3.63) is 18.0 Å². The molecule has 2 aromatic heterocycles. The van der Waals surface area contributed by atoms with E-state index >= 15 is 0 Å². The first-order valence-corrected chi connectivity index (χ1v) is 5.16. The summed E-state index contributed by atoms with van der Waals surface area (Å²) in [5.74, 6) is 0.873. The molecule has 0 amide bonds. The molecule has 0 aliphatic heterocycles. The Hall–Kier alpha value is -1.98. The van der Waals surface area contributed by atoms with E-state index in [9.17, 15) is 0 Å². The third-order valence-corrected chi connectivity index (χ3v) is 1.93. The van der Waals surface area contributed by atoms with Crippen molar-refractivity contribution in [2.24, 2.45) is 0 Å². The van der Waals surface area contributed by atoms with Gasteiger partial charge in [0.25, 0.3) is 0 Å². The average molecular weight is 219 g/mol. The fourth-order valence-electron chi connectivity index (χ4n) is 1.13. The van der Waals surface area contributed by atoms with E-state index in [-0.39, 0.29) is 0 Å². The van der Waals surface area contributed by atoms with Crippen molar-refractivity contribution in [3.63, 3.8) is 0 Å². The van der Waals surface area contributed by atoms with Crippen LogP contribution in [0.3, 0.4) is 0 Å². The summed E-state index contributed by atoms with van der Waals surface area (Å²) in [6.07, 6.45) is 4.44. The van der Waals surface area contributed by atoms with E-state index in [4.69, 9.17) is 4.52 Å². The number of hydrogen-bond donors (Lipinski definition) is 1. The summed E-state index contributed by atoms with van der Waals surface area (Å²) in [4.78, 5) is 12.4. The zero-order chi connectivity index (χ0) is 11.4. The molecule has 16 heavy (non-hydrogen) atoms. The molecule has 0 bridgehead atoms. The van der Waals surface area contributed by atoms with Crippen molar-refractivity contribution in [1.82, 2.24) is 20.1 Å². The minimum Gasteiger partial charge on any atom is -0.338 e. The van der Waals surface area contributed by atoms with Gasteiger partial charge in [0.05, 0.1) is 0 Å². The van der Waals surface area contributed by atoms with E-state index in [0.717, 1.165) is 18.5 Å². The van der Waals surface area contributed by atoms with Gasteiger partial charge >= 0.3 is 6.01 Å². The van der Waals surface area contributed by atoms with Crippen LogP contribution in [0.15, 0.2) is 16.9 Å². The van der Waals surface area contributed by atoms with Crippen molar-refractivity contribution < 1.29 is 4.52 Å². The Morgan fingerprint density at radius 2 is 2.00 bits per heavy atom. The maximum atomic E-state index is 5.00. The standard InChI is InChI=1S/C10H13N5O/c1-3-4-11-10-14-9(15-16-10)8-12-5-7(2)6-13-8/h5-6H,3-4H2,1-2H3,(H,11,14,15). The van der Waals surface area contributed by atoms with Crippen molar-refractivity contribution in [3.8, 4) is 11.6 Å². The first kappa shape index (κ1) is 10.5. The summed E-state index contributed by atoms with van der Waals surface area (Å²) < 4.78 is 5.00. The quantitative estimate of drug-likeness (QED) is 0.842. The number of nitrogens with zero attached hydrogens (tertiary/aromatic N) is 4. The molecule has 0 aliphatic rings. The second-order valence-electron chi connectivity index (χ2n) is 3.43. The minimum absolute atomic E-state index is 0.401. The lowest BCUT2D eigenvalue weighted by molar-refractivity contribution is 0.431. The summed E-state index contributed by atoms with van der Waals surface area (Å²) >= 11 is 0. The second-order valence-corrected chi connectivity index (χ2v) is 3.43. The molecule has 0 spiro atoms. The largest absolute Gasteiger partial charge is 0.338 e. The Balaban J connectivity index is 2.15. The Labute approximate surface area is 93.1 Å². The van der Waals surface area contributed by atoms with E-state index in [1.807, 2.05) is 6.92 Å². The molecule has 0 unspecified atom stereocenters. The number of anilines is 1. The van der Waals surface area contributed by atoms with Crippen molar-refractivity contribution in [1.29, 1.82) is 0 Å². The van der Waals surface area contributed by atoms with E-state index in [2.05, 4.69) is 32.3 Å². The molecular weight excluding hydrogens is 206 g/mol. The average Bonchev–Trinajstić information content (AvgIpc) is 2.76. The molecule has 0 fully saturated rings. The highest BCUT2D eigenvalue weighted by atomic mass is 16.5. The maximum Gasteiger partial charge on any atom is 0.321 e. The lowest BCUT2D eigenvalue weighted by atomic mass is 10.4. The number of hydrogen-bond acceptors (Lipinski definition) is 6. The van der Waals surface area contributed by atoms with Crippen LogP contribution in [0.1, 0.15) is 18.9 Å². The van der Waals surface area contributed by atoms with Gasteiger partial charge in [-0.3, -0.25) is 0 Å². The molecule has 2 rings (SSSR count). The fourth-order valence-corrected chi connectivity index (χ4v) is 1.13. The highest BCUT2D eigenvalue weighted by molar-refractivity contribution is 5.43. The Kier molecular flexibility index (Phi) is 3.09. The van der Waals surface area contributed by atoms with Crippen molar-refractivity contribution in [2.45, 2.75) is 20.3 Å². The molecule has 0 aromatic carbocycles. The maximum absolute atomic E-state index is 5.00. The van der Waals surface area contributed by atoms with Crippen LogP contribution in [0.25, 0.3) is 11.6 Å². The topological polar surface area (TPSA) is 76.7 Å². The van der Waals surface area contributed by atoms with E-state index < -0.39 is 0 Å². The van der Waals surface area contributed by atoms with E-state index in [1.54, 1.807) is 12.4 Å². The Morgan fingerprint density at radius 1 is 1.25 bits per heavy atom. The van der Waals surface area contributed by atoms with Gasteiger partial charge in [-0.25, -0.2) is 9.97 Å². The number of aryl methyl sites for hydroxylation is 1. The second kappa shape index (κ2) is 4.69. The first-order valence-electron chi connectivity index (χ1n) is 5.16. The van der Waals surface area contributed by atoms with Crippen LogP contribution < -0.4 is 5.32 Å². The summed E-state index contributed by atoms with van der Waals surface area (Å²) in [6, 6.07) is 0.404. The normalized spacial score (nSPS) is 10.4. The molecule has 0 saturated heterocycles. The van der Waals surface area contributed by atoms with Gasteiger partial charge in [-0.2, -0.15) is 4.98 Å². The van der Waals surface area contributed by atoms with Crippen molar-refractivity contribution in [2.75, 3.05) is 11.9 Å². The van der Waals surface area contributed by atoms with Crippen LogP contribution in [-0.2, 0) is 0 Å². The van der Waals surface area contributed by atoms with Crippen LogP contribution in [0.5, 0.6) is 0 Å². The fraction of sp³-hybridized carbons (Fsp3) is 0.400. The lowest BCUT2D eigenvalue weighted by Crippen LogP contribution is -1.99. The van der Waals surface area contributed by atoms with Crippen LogP contribution >= 0.6 is 0 Å². The Morgan fingerprint density at radius 3 is 2.69 bits per heavy atom. The first-order chi connectivity index (χ1) is 7.79. The van der Waals surface area contributed by atoms with Gasteiger partial charge in [0.2, 0.25) is 11.6 Å². The number of nitrogens with one attached hydrogen (secondary N) is 1. The molecule has 84 valence electrons. The molecule has 1 N–H and O–H groups in total. The highest BCUT2D eigenvalue weighted by Gasteiger charge is 2.09. The molecule has 0 saturated carbocycles. The van der Waals surface area contributed by atoms with Gasteiger partial charge in [0.1, 0.15) is 0 Å². The Bertz CT molecular complexity index is 450. The highest BCUT2D eigenvalue weighted by Crippen LogP contribution is 2.12. The monoisotopic (exact) mass is 219 g/mol. The van der Waals surface area contributed by atoms with E-state index in [1.165, 1.54) is 0 Å². The molecule has 6 nitrogen and oxygen atoms in total. The summed E-state index contributed by atoms with van der Waals surface area (Å²) in [6.45, 7) is 4.79. The summed E-state index contributed by atoms with van der Waals surface area (Å²) in [5, 5.41) is 6.80. The smallest absolute Gasteiger partial charge is 0.321 e. The molecule has 2 aromatic rings. The lowest BCUT2D eigenvalue weighted by Gasteiger charge is -1.94. The van der Waals surface area contributed by atoms with Gasteiger partial charge in [0, 0.05) is 18.9 Å². The molecule has 0 radical (unpaired) electrons. The van der Waals surface area contributed by atoms with E-state index in [0.29, 0.717) is 17.7 Å². The molecule has 0 aliphatic carbocycles. The molecule has 2 heterocycles. The van der Waals surface area contributed by atoms with Crippen LogP contribution in [0.2, 0.25) is 0 Å². The third kappa shape index (κ3) is 2.33. The summed E-state index contributed by atoms with van der Waals surface area (Å²) in [5.41, 5.74) is 0.997. The minimum atomic E-state index is 0.401. The van der Waals surface area contributed by atoms with Gasteiger partial charge in [-0.1, -0.05) is 12.1 Å². The van der Waals surface area contributed by atoms with Crippen molar-refractivity contribution >= 4 is 6.01 Å². The van der Waals surface area contributed by atoms with Crippen LogP contribution in [0.4, 0.5) is 6.01 Å². The molecule has 6 heteroatoms. The predicted molar refractivity (Wildman–Crippen MR) is 58.8 cm³/mol. The number of rotatable bonds is 4. The zero-order valence-electron chi connectivity index (χ0n) is 9.27. The predicted octanol–water partition coefficient (Wildman–Crippen LogP) is 1.66. The zero-order valence-corrected chi connectivity index (χ0v) is 9.27. The summed E-state index contributed by atoms with van der Waals surface area (Å²) in [7, 11) is 0. The van der Waals surface area contributed by atoms with Gasteiger partial charge in [-0.15, -0.1) is 0 Å². The number of aromatic nitrogens is 4. The van der Waals surface area contributed by atoms with Crippen LogP contribution in [0, 0.1) is 6.92 Å². The third-order valence-electron chi connectivity index (χ3n) is 1.93. The molecule has 0 atom stereocenters. The van der Waals surface area contributed by atoms with Gasteiger partial charge in [0.15, 0.2) is 0 Å². The van der Waals surface area contributed by atoms with Gasteiger partial charge < -0.3 is 9.84 Å². The van der Waals surface area contributed by atoms with Gasteiger partial charge in [-0.05, 0) is 18.9 Å².